The molecule has 0 unspecified atom stereocenters. The zero-order chi connectivity index (χ0) is 23.2. The second-order valence-electron chi connectivity index (χ2n) is 7.12. The van der Waals surface area contributed by atoms with Crippen molar-refractivity contribution in [2.75, 3.05) is 5.32 Å². The molecule has 0 fully saturated rings. The molecule has 1 aromatic carbocycles. The Hall–Kier alpha value is -0.710. The van der Waals surface area contributed by atoms with E-state index in [1.807, 2.05) is 95.5 Å². The molecule has 8 nitrogen and oxygen atoms in total. The molecule has 0 bridgehead atoms. The van der Waals surface area contributed by atoms with Crippen LogP contribution in [0.3, 0.4) is 0 Å². The maximum Gasteiger partial charge on any atom is 0.303 e. The molecule has 0 aliphatic heterocycles. The summed E-state index contributed by atoms with van der Waals surface area (Å²) in [5.74, 6) is -2.02. The molecule has 0 atom stereocenters. The summed E-state index contributed by atoms with van der Waals surface area (Å²) in [6, 6.07) is -0.212. The lowest BCUT2D eigenvalue weighted by atomic mass is 10.1. The summed E-state index contributed by atoms with van der Waals surface area (Å²) in [6.07, 6.45) is 0.101. The normalized spacial score (nSPS) is 10.8. The Kier molecular flexibility index (Phi) is 11.3. The highest BCUT2D eigenvalue weighted by molar-refractivity contribution is 14.1. The molecule has 11 heteroatoms. The van der Waals surface area contributed by atoms with E-state index in [9.17, 15) is 19.2 Å². The molecule has 166 valence electrons. The molecule has 1 rings (SSSR count). The van der Waals surface area contributed by atoms with Gasteiger partial charge in [-0.05, 0) is 102 Å². The van der Waals surface area contributed by atoms with Gasteiger partial charge < -0.3 is 21.1 Å². The van der Waals surface area contributed by atoms with Gasteiger partial charge in [0.15, 0.2) is 0 Å². The van der Waals surface area contributed by atoms with Crippen LogP contribution in [-0.2, 0) is 9.59 Å². The fourth-order valence-corrected chi connectivity index (χ4v) is 6.86. The van der Waals surface area contributed by atoms with Crippen molar-refractivity contribution in [1.82, 2.24) is 10.6 Å². The molecule has 0 saturated heterocycles. The fraction of sp³-hybridized carbons (Fsp3) is 0.474. The van der Waals surface area contributed by atoms with Gasteiger partial charge in [-0.25, -0.2) is 0 Å². The molecule has 0 radical (unpaired) electrons. The number of halogens is 3. The van der Waals surface area contributed by atoms with Crippen LogP contribution in [0.2, 0.25) is 0 Å². The van der Waals surface area contributed by atoms with E-state index in [0.717, 1.165) is 0 Å². The van der Waals surface area contributed by atoms with Crippen LogP contribution < -0.4 is 16.0 Å². The van der Waals surface area contributed by atoms with E-state index in [4.69, 9.17) is 5.11 Å². The van der Waals surface area contributed by atoms with E-state index in [1.54, 1.807) is 0 Å². The minimum absolute atomic E-state index is 0.0193. The highest BCUT2D eigenvalue weighted by Gasteiger charge is 2.29. The quantitative estimate of drug-likeness (QED) is 0.285. The van der Waals surface area contributed by atoms with E-state index in [1.165, 1.54) is 0 Å². The first-order valence-electron chi connectivity index (χ1n) is 9.20. The molecule has 0 aliphatic rings. The van der Waals surface area contributed by atoms with E-state index in [2.05, 4.69) is 16.0 Å². The minimum Gasteiger partial charge on any atom is -0.481 e. The Bertz CT molecular complexity index is 807. The number of carbonyl (C=O) groups is 4. The van der Waals surface area contributed by atoms with Crippen LogP contribution in [0, 0.1) is 10.7 Å². The molecular weight excluding hydrogens is 731 g/mol. The predicted octanol–water partition coefficient (Wildman–Crippen LogP) is 3.97. The van der Waals surface area contributed by atoms with Gasteiger partial charge in [0.1, 0.15) is 0 Å². The van der Waals surface area contributed by atoms with Crippen LogP contribution in [0.1, 0.15) is 67.7 Å². The third kappa shape index (κ3) is 7.76. The monoisotopic (exact) mass is 755 g/mol. The van der Waals surface area contributed by atoms with E-state index in [-0.39, 0.29) is 49.1 Å². The number of hydrogen-bond acceptors (Lipinski definition) is 4. The van der Waals surface area contributed by atoms with Gasteiger partial charge in [0.2, 0.25) is 5.91 Å². The lowest BCUT2D eigenvalue weighted by Crippen LogP contribution is -2.35. The molecule has 4 N–H and O–H groups in total. The van der Waals surface area contributed by atoms with Gasteiger partial charge in [-0.2, -0.15) is 0 Å². The van der Waals surface area contributed by atoms with E-state index < -0.39 is 5.97 Å². The lowest BCUT2D eigenvalue weighted by molar-refractivity contribution is -0.137. The highest BCUT2D eigenvalue weighted by atomic mass is 127. The number of carboxylic acids is 1. The Morgan fingerprint density at radius 1 is 0.800 bits per heavy atom. The molecule has 0 heterocycles. The maximum absolute atomic E-state index is 12.9. The summed E-state index contributed by atoms with van der Waals surface area (Å²) in [5, 5.41) is 17.2. The number of nitrogens with one attached hydrogen (secondary N) is 3. The molecule has 0 aromatic heterocycles. The SMILES string of the molecule is CC(C)NC(=O)c1c(I)c(NC(=O)CCCC(=O)O)c(I)c(C(=O)NC(C)C)c1I. The lowest BCUT2D eigenvalue weighted by Gasteiger charge is -2.21. The van der Waals surface area contributed by atoms with Gasteiger partial charge in [-0.3, -0.25) is 19.2 Å². The Morgan fingerprint density at radius 3 is 1.60 bits per heavy atom. The van der Waals surface area contributed by atoms with Crippen molar-refractivity contribution >= 4 is 97.2 Å². The number of anilines is 1. The van der Waals surface area contributed by atoms with Crippen LogP contribution in [-0.4, -0.2) is 40.9 Å². The van der Waals surface area contributed by atoms with Crippen LogP contribution in [0.25, 0.3) is 0 Å². The van der Waals surface area contributed by atoms with Crippen molar-refractivity contribution in [3.05, 3.63) is 21.8 Å². The van der Waals surface area contributed by atoms with Gasteiger partial charge in [-0.1, -0.05) is 0 Å². The first kappa shape index (κ1) is 27.3. The molecule has 3 amide bonds. The van der Waals surface area contributed by atoms with E-state index in [0.29, 0.717) is 27.5 Å². The Labute approximate surface area is 216 Å². The first-order chi connectivity index (χ1) is 13.9. The third-order valence-electron chi connectivity index (χ3n) is 3.67. The summed E-state index contributed by atoms with van der Waals surface area (Å²) in [5.41, 5.74) is 1.01. The van der Waals surface area contributed by atoms with Crippen molar-refractivity contribution < 1.29 is 24.3 Å². The Balaban J connectivity index is 3.47. The number of hydrogen-bond donors (Lipinski definition) is 4. The van der Waals surface area contributed by atoms with Gasteiger partial charge >= 0.3 is 5.97 Å². The van der Waals surface area contributed by atoms with Crippen molar-refractivity contribution in [1.29, 1.82) is 0 Å². The molecule has 0 aliphatic carbocycles. The number of rotatable bonds is 9. The number of amides is 3. The average Bonchev–Trinajstić information content (AvgIpc) is 2.57. The molecule has 0 saturated carbocycles. The van der Waals surface area contributed by atoms with Crippen molar-refractivity contribution in [2.45, 2.75) is 59.0 Å². The zero-order valence-electron chi connectivity index (χ0n) is 17.0. The van der Waals surface area contributed by atoms with Crippen molar-refractivity contribution in [2.24, 2.45) is 0 Å². The van der Waals surface area contributed by atoms with Crippen molar-refractivity contribution in [3.63, 3.8) is 0 Å². The number of aliphatic carboxylic acids is 1. The summed E-state index contributed by atoms with van der Waals surface area (Å²) in [7, 11) is 0. The van der Waals surface area contributed by atoms with Gasteiger partial charge in [-0.15, -0.1) is 0 Å². The fourth-order valence-electron chi connectivity index (χ4n) is 2.44. The second kappa shape index (κ2) is 12.4. The summed E-state index contributed by atoms with van der Waals surface area (Å²) in [6.45, 7) is 7.34. The molecule has 1 aromatic rings. The topological polar surface area (TPSA) is 125 Å². The summed E-state index contributed by atoms with van der Waals surface area (Å²) in [4.78, 5) is 48.8. The second-order valence-corrected chi connectivity index (χ2v) is 10.4. The molecule has 0 spiro atoms. The van der Waals surface area contributed by atoms with Gasteiger partial charge in [0.05, 0.1) is 24.0 Å². The largest absolute Gasteiger partial charge is 0.481 e. The third-order valence-corrected chi connectivity index (χ3v) is 6.91. The van der Waals surface area contributed by atoms with Crippen LogP contribution in [0.4, 0.5) is 5.69 Å². The van der Waals surface area contributed by atoms with Gasteiger partial charge in [0.25, 0.3) is 11.8 Å². The van der Waals surface area contributed by atoms with Gasteiger partial charge in [0, 0.05) is 28.5 Å². The van der Waals surface area contributed by atoms with Crippen LogP contribution >= 0.6 is 67.8 Å². The van der Waals surface area contributed by atoms with Crippen LogP contribution in [0.5, 0.6) is 0 Å². The highest BCUT2D eigenvalue weighted by Crippen LogP contribution is 2.36. The number of benzene rings is 1. The zero-order valence-corrected chi connectivity index (χ0v) is 23.5. The predicted molar refractivity (Wildman–Crippen MR) is 140 cm³/mol. The molecular formula is C19H24I3N3O5. The minimum atomic E-state index is -0.971. The number of carbonyl (C=O) groups excluding carboxylic acids is 3. The summed E-state index contributed by atoms with van der Waals surface area (Å²) >= 11 is 5.97. The standard InChI is InChI=1S/C19H24I3N3O5/c1-8(2)23-18(29)12-14(20)13(19(30)24-9(3)4)16(22)17(15(12)21)25-10(26)6-5-7-11(27)28/h8-9H,5-7H2,1-4H3,(H,23,29)(H,24,30)(H,25,26)(H,27,28). The molecule has 30 heavy (non-hydrogen) atoms. The number of carboxylic acid groups (broad SMARTS) is 1. The Morgan fingerprint density at radius 2 is 1.23 bits per heavy atom. The first-order valence-corrected chi connectivity index (χ1v) is 12.4. The smallest absolute Gasteiger partial charge is 0.303 e. The average molecular weight is 755 g/mol. The maximum atomic E-state index is 12.9. The summed E-state index contributed by atoms with van der Waals surface area (Å²) < 4.78 is 1.54. The van der Waals surface area contributed by atoms with E-state index >= 15 is 0 Å². The van der Waals surface area contributed by atoms with Crippen LogP contribution in [0.15, 0.2) is 0 Å². The van der Waals surface area contributed by atoms with Crippen molar-refractivity contribution in [3.8, 4) is 0 Å².